The van der Waals surface area contributed by atoms with Crippen molar-refractivity contribution < 1.29 is 5.11 Å². The van der Waals surface area contributed by atoms with Crippen LogP contribution in [-0.2, 0) is 0 Å². The number of hydrogen-bond acceptors (Lipinski definition) is 2. The van der Waals surface area contributed by atoms with Crippen LogP contribution in [0.4, 0.5) is 0 Å². The fraction of sp³-hybridized carbons (Fsp3) is 1.00. The molecule has 0 aromatic carbocycles. The van der Waals surface area contributed by atoms with Crippen molar-refractivity contribution in [2.24, 2.45) is 11.8 Å². The Morgan fingerprint density at radius 3 is 2.53 bits per heavy atom. The molecule has 2 aliphatic rings. The van der Waals surface area contributed by atoms with Gasteiger partial charge in [-0.25, -0.2) is 0 Å². The lowest BCUT2D eigenvalue weighted by Crippen LogP contribution is -2.38. The topological polar surface area (TPSA) is 32.3 Å². The number of hydrogen-bond donors (Lipinski definition) is 2. The predicted molar refractivity (Wildman–Crippen MR) is 72.0 cm³/mol. The van der Waals surface area contributed by atoms with Crippen LogP contribution in [0.25, 0.3) is 0 Å². The largest absolute Gasteiger partial charge is 0.393 e. The zero-order valence-electron chi connectivity index (χ0n) is 11.3. The maximum atomic E-state index is 9.67. The van der Waals surface area contributed by atoms with Gasteiger partial charge in [-0.2, -0.15) is 0 Å². The van der Waals surface area contributed by atoms with E-state index >= 15 is 0 Å². The maximum absolute atomic E-state index is 9.67. The summed E-state index contributed by atoms with van der Waals surface area (Å²) >= 11 is 0. The molecule has 0 amide bonds. The molecule has 2 aliphatic carbocycles. The molecule has 0 radical (unpaired) electrons. The Bertz CT molecular complexity index is 219. The van der Waals surface area contributed by atoms with E-state index in [4.69, 9.17) is 0 Å². The normalized spacial score (nSPS) is 39.2. The second-order valence-electron chi connectivity index (χ2n) is 6.23. The van der Waals surface area contributed by atoms with Gasteiger partial charge in [-0.3, -0.25) is 0 Å². The summed E-state index contributed by atoms with van der Waals surface area (Å²) in [5, 5.41) is 13.4. The van der Waals surface area contributed by atoms with E-state index < -0.39 is 0 Å². The van der Waals surface area contributed by atoms with E-state index in [1.165, 1.54) is 44.9 Å². The molecule has 0 spiro atoms. The summed E-state index contributed by atoms with van der Waals surface area (Å²) in [5.41, 5.74) is 0. The van der Waals surface area contributed by atoms with Crippen molar-refractivity contribution >= 4 is 0 Å². The molecule has 2 nitrogen and oxygen atoms in total. The van der Waals surface area contributed by atoms with Crippen molar-refractivity contribution in [1.82, 2.24) is 5.32 Å². The Morgan fingerprint density at radius 1 is 1.00 bits per heavy atom. The average molecular weight is 239 g/mol. The molecule has 0 aromatic rings. The van der Waals surface area contributed by atoms with Crippen LogP contribution in [0.3, 0.4) is 0 Å². The molecule has 0 saturated heterocycles. The molecule has 2 rings (SSSR count). The van der Waals surface area contributed by atoms with Crippen molar-refractivity contribution in [2.75, 3.05) is 6.54 Å². The average Bonchev–Trinajstić information content (AvgIpc) is 2.37. The second-order valence-corrected chi connectivity index (χ2v) is 6.23. The van der Waals surface area contributed by atoms with Gasteiger partial charge in [0.25, 0.3) is 0 Å². The smallest absolute Gasteiger partial charge is 0.0543 e. The summed E-state index contributed by atoms with van der Waals surface area (Å²) in [6.45, 7) is 3.46. The number of nitrogens with one attached hydrogen (secondary N) is 1. The summed E-state index contributed by atoms with van der Waals surface area (Å²) in [6, 6.07) is 0.757. The summed E-state index contributed by atoms with van der Waals surface area (Å²) < 4.78 is 0. The zero-order chi connectivity index (χ0) is 12.1. The molecule has 0 aromatic heterocycles. The van der Waals surface area contributed by atoms with E-state index in [-0.39, 0.29) is 6.10 Å². The van der Waals surface area contributed by atoms with Crippen molar-refractivity contribution in [3.05, 3.63) is 0 Å². The molecule has 2 N–H and O–H groups in total. The fourth-order valence-electron chi connectivity index (χ4n) is 3.63. The van der Waals surface area contributed by atoms with E-state index in [0.29, 0.717) is 0 Å². The minimum absolute atomic E-state index is 0.0229. The van der Waals surface area contributed by atoms with Gasteiger partial charge in [0, 0.05) is 6.04 Å². The zero-order valence-corrected chi connectivity index (χ0v) is 11.3. The minimum atomic E-state index is -0.0229. The van der Waals surface area contributed by atoms with Crippen molar-refractivity contribution in [1.29, 1.82) is 0 Å². The summed E-state index contributed by atoms with van der Waals surface area (Å²) in [7, 11) is 0. The van der Waals surface area contributed by atoms with Gasteiger partial charge in [-0.1, -0.05) is 32.6 Å². The molecule has 0 heterocycles. The Hall–Kier alpha value is -0.0800. The van der Waals surface area contributed by atoms with Gasteiger partial charge < -0.3 is 10.4 Å². The summed E-state index contributed by atoms with van der Waals surface area (Å²) in [5.74, 6) is 1.68. The van der Waals surface area contributed by atoms with Crippen molar-refractivity contribution in [3.63, 3.8) is 0 Å². The third-order valence-electron chi connectivity index (χ3n) is 4.81. The lowest BCUT2D eigenvalue weighted by molar-refractivity contribution is 0.0983. The van der Waals surface area contributed by atoms with E-state index in [0.717, 1.165) is 37.3 Å². The van der Waals surface area contributed by atoms with Gasteiger partial charge in [-0.05, 0) is 50.5 Å². The second kappa shape index (κ2) is 6.75. The van der Waals surface area contributed by atoms with Crippen LogP contribution < -0.4 is 5.32 Å². The van der Waals surface area contributed by atoms with Crippen LogP contribution in [0.5, 0.6) is 0 Å². The Morgan fingerprint density at radius 2 is 1.76 bits per heavy atom. The number of aliphatic hydroxyl groups excluding tert-OH is 1. The fourth-order valence-corrected chi connectivity index (χ4v) is 3.63. The van der Waals surface area contributed by atoms with E-state index in [1.54, 1.807) is 0 Å². The van der Waals surface area contributed by atoms with Gasteiger partial charge >= 0.3 is 0 Å². The maximum Gasteiger partial charge on any atom is 0.0543 e. The molecule has 100 valence electrons. The highest BCUT2D eigenvalue weighted by molar-refractivity contribution is 4.80. The van der Waals surface area contributed by atoms with Crippen LogP contribution in [0.2, 0.25) is 0 Å². The predicted octanol–water partition coefficient (Wildman–Crippen LogP) is 3.10. The lowest BCUT2D eigenvalue weighted by atomic mass is 9.83. The van der Waals surface area contributed by atoms with Crippen LogP contribution in [-0.4, -0.2) is 23.8 Å². The first kappa shape index (κ1) is 13.4. The first-order chi connectivity index (χ1) is 8.28. The Labute approximate surface area is 106 Å². The Kier molecular flexibility index (Phi) is 5.30. The molecule has 0 aliphatic heterocycles. The quantitative estimate of drug-likeness (QED) is 0.790. The monoisotopic (exact) mass is 239 g/mol. The molecule has 2 heteroatoms. The van der Waals surface area contributed by atoms with Crippen LogP contribution in [0.15, 0.2) is 0 Å². The van der Waals surface area contributed by atoms with E-state index in [1.807, 2.05) is 0 Å². The van der Waals surface area contributed by atoms with Crippen molar-refractivity contribution in [3.8, 4) is 0 Å². The highest BCUT2D eigenvalue weighted by Gasteiger charge is 2.23. The molecule has 2 saturated carbocycles. The number of rotatable bonds is 4. The lowest BCUT2D eigenvalue weighted by Gasteiger charge is -2.32. The minimum Gasteiger partial charge on any atom is -0.393 e. The van der Waals surface area contributed by atoms with Gasteiger partial charge in [-0.15, -0.1) is 0 Å². The molecular formula is C15H29NO. The van der Waals surface area contributed by atoms with Crippen molar-refractivity contribution in [2.45, 2.75) is 76.9 Å². The molecule has 4 unspecified atom stereocenters. The van der Waals surface area contributed by atoms with Gasteiger partial charge in [0.05, 0.1) is 6.10 Å². The summed E-state index contributed by atoms with van der Waals surface area (Å²) in [6.07, 6.45) is 11.5. The Balaban J connectivity index is 1.66. The van der Waals surface area contributed by atoms with E-state index in [9.17, 15) is 5.11 Å². The standard InChI is InChI=1S/C15H29NO/c1-2-12-5-3-7-14(9-12)16-11-13-6-4-8-15(17)10-13/h12-17H,2-11H2,1H3. The highest BCUT2D eigenvalue weighted by atomic mass is 16.3. The molecule has 2 fully saturated rings. The number of aliphatic hydroxyl groups is 1. The molecule has 17 heavy (non-hydrogen) atoms. The molecular weight excluding hydrogens is 210 g/mol. The van der Waals surface area contributed by atoms with Crippen LogP contribution >= 0.6 is 0 Å². The third kappa shape index (κ3) is 4.26. The first-order valence-corrected chi connectivity index (χ1v) is 7.69. The third-order valence-corrected chi connectivity index (χ3v) is 4.81. The SMILES string of the molecule is CCC1CCCC(NCC2CCCC(O)C2)C1. The summed E-state index contributed by atoms with van der Waals surface area (Å²) in [4.78, 5) is 0. The van der Waals surface area contributed by atoms with Crippen LogP contribution in [0.1, 0.15) is 64.7 Å². The van der Waals surface area contributed by atoms with Gasteiger partial charge in [0.15, 0.2) is 0 Å². The first-order valence-electron chi connectivity index (χ1n) is 7.69. The van der Waals surface area contributed by atoms with Gasteiger partial charge in [0.2, 0.25) is 0 Å². The van der Waals surface area contributed by atoms with E-state index in [2.05, 4.69) is 12.2 Å². The molecule has 4 atom stereocenters. The highest BCUT2D eigenvalue weighted by Crippen LogP contribution is 2.28. The van der Waals surface area contributed by atoms with Crippen LogP contribution in [0, 0.1) is 11.8 Å². The molecule has 0 bridgehead atoms. The van der Waals surface area contributed by atoms with Gasteiger partial charge in [0.1, 0.15) is 0 Å².